The lowest BCUT2D eigenvalue weighted by Gasteiger charge is -2.19. The topological polar surface area (TPSA) is 76.0 Å². The van der Waals surface area contributed by atoms with Gasteiger partial charge in [-0.2, -0.15) is 0 Å². The summed E-state index contributed by atoms with van der Waals surface area (Å²) in [6.07, 6.45) is 5.51. The minimum atomic E-state index is -0.280. The maximum Gasteiger partial charge on any atom is 0.222 e. The van der Waals surface area contributed by atoms with Gasteiger partial charge in [0.1, 0.15) is 0 Å². The lowest BCUT2D eigenvalue weighted by atomic mass is 10.1. The molecule has 0 aliphatic carbocycles. The van der Waals surface area contributed by atoms with Crippen molar-refractivity contribution in [1.82, 2.24) is 20.2 Å². The highest BCUT2D eigenvalue weighted by atomic mass is 32.1. The minimum Gasteiger partial charge on any atom is -0.352 e. The third-order valence-electron chi connectivity index (χ3n) is 3.10. The largest absolute Gasteiger partial charge is 0.352 e. The Morgan fingerprint density at radius 2 is 2.23 bits per heavy atom. The van der Waals surface area contributed by atoms with Crippen LogP contribution in [0.5, 0.6) is 0 Å². The molecule has 2 atom stereocenters. The number of hydrogen-bond donors (Lipinski definition) is 2. The molecule has 0 saturated heterocycles. The number of carbonyl (C=O) groups is 2. The second kappa shape index (κ2) is 7.74. The Morgan fingerprint density at radius 3 is 2.82 bits per heavy atom. The fraction of sp³-hybridized carbons (Fsp3) is 0.400. The van der Waals surface area contributed by atoms with Crippen molar-refractivity contribution in [2.24, 2.45) is 0 Å². The predicted molar refractivity (Wildman–Crippen MR) is 85.3 cm³/mol. The first-order chi connectivity index (χ1) is 10.5. The lowest BCUT2D eigenvalue weighted by Crippen LogP contribution is -2.38. The number of aromatic nitrogens is 2. The molecule has 0 fully saturated rings. The van der Waals surface area contributed by atoms with Gasteiger partial charge in [0.25, 0.3) is 0 Å². The zero-order chi connectivity index (χ0) is 15.9. The highest BCUT2D eigenvalue weighted by molar-refractivity contribution is 7.10. The second-order valence-corrected chi connectivity index (χ2v) is 6.18. The van der Waals surface area contributed by atoms with E-state index >= 15 is 0 Å². The van der Waals surface area contributed by atoms with E-state index in [2.05, 4.69) is 15.6 Å². The maximum atomic E-state index is 12.2. The van der Waals surface area contributed by atoms with E-state index in [0.717, 1.165) is 4.88 Å². The SMILES string of the molecule is CC(=O)N[C@@H](CC(=O)N[C@H](C)Cn1ccnc1)c1cccs1. The summed E-state index contributed by atoms with van der Waals surface area (Å²) in [6, 6.07) is 3.54. The highest BCUT2D eigenvalue weighted by Crippen LogP contribution is 2.22. The molecule has 2 heterocycles. The van der Waals surface area contributed by atoms with Crippen molar-refractivity contribution >= 4 is 23.2 Å². The van der Waals surface area contributed by atoms with Crippen LogP contribution >= 0.6 is 11.3 Å². The molecule has 6 nitrogen and oxygen atoms in total. The van der Waals surface area contributed by atoms with E-state index < -0.39 is 0 Å². The molecule has 22 heavy (non-hydrogen) atoms. The molecule has 0 aromatic carbocycles. The van der Waals surface area contributed by atoms with Crippen molar-refractivity contribution in [3.8, 4) is 0 Å². The van der Waals surface area contributed by atoms with Gasteiger partial charge in [0.2, 0.25) is 11.8 Å². The van der Waals surface area contributed by atoms with Crippen LogP contribution in [0.3, 0.4) is 0 Å². The van der Waals surface area contributed by atoms with Gasteiger partial charge in [0, 0.05) is 36.8 Å². The van der Waals surface area contributed by atoms with Crippen LogP contribution in [-0.4, -0.2) is 27.4 Å². The molecule has 0 spiro atoms. The standard InChI is InChI=1S/C15H20N4O2S/c1-11(9-19-6-5-16-10-19)17-15(21)8-13(18-12(2)20)14-4-3-7-22-14/h3-7,10-11,13H,8-9H2,1-2H3,(H,17,21)(H,18,20)/t11-,13+/m1/s1. The van der Waals surface area contributed by atoms with Crippen molar-refractivity contribution in [3.05, 3.63) is 41.1 Å². The molecule has 2 rings (SSSR count). The number of hydrogen-bond acceptors (Lipinski definition) is 4. The maximum absolute atomic E-state index is 12.2. The van der Waals surface area contributed by atoms with Crippen LogP contribution < -0.4 is 10.6 Å². The minimum absolute atomic E-state index is 0.0111. The number of imidazole rings is 1. The number of amides is 2. The summed E-state index contributed by atoms with van der Waals surface area (Å²) in [7, 11) is 0. The summed E-state index contributed by atoms with van der Waals surface area (Å²) >= 11 is 1.53. The summed E-state index contributed by atoms with van der Waals surface area (Å²) in [6.45, 7) is 4.06. The van der Waals surface area contributed by atoms with Gasteiger partial charge in [0.15, 0.2) is 0 Å². The Kier molecular flexibility index (Phi) is 5.71. The summed E-state index contributed by atoms with van der Waals surface area (Å²) in [5.74, 6) is -0.225. The van der Waals surface area contributed by atoms with E-state index in [-0.39, 0.29) is 30.3 Å². The summed E-state index contributed by atoms with van der Waals surface area (Å²) < 4.78 is 1.91. The Hall–Kier alpha value is -2.15. The lowest BCUT2D eigenvalue weighted by molar-refractivity contribution is -0.123. The molecule has 118 valence electrons. The third kappa shape index (κ3) is 5.00. The van der Waals surface area contributed by atoms with Gasteiger partial charge in [-0.05, 0) is 18.4 Å². The molecule has 2 amide bonds. The fourth-order valence-corrected chi connectivity index (χ4v) is 3.01. The van der Waals surface area contributed by atoms with Crippen LogP contribution in [0, 0.1) is 0 Å². The summed E-state index contributed by atoms with van der Waals surface area (Å²) in [4.78, 5) is 28.5. The van der Waals surface area contributed by atoms with Crippen molar-refractivity contribution in [1.29, 1.82) is 0 Å². The monoisotopic (exact) mass is 320 g/mol. The number of rotatable bonds is 7. The van der Waals surface area contributed by atoms with Crippen molar-refractivity contribution < 1.29 is 9.59 Å². The van der Waals surface area contributed by atoms with E-state index in [9.17, 15) is 9.59 Å². The van der Waals surface area contributed by atoms with Crippen LogP contribution in [0.2, 0.25) is 0 Å². The van der Waals surface area contributed by atoms with Crippen LogP contribution in [0.15, 0.2) is 36.2 Å². The Bertz CT molecular complexity index is 595. The molecule has 0 saturated carbocycles. The first-order valence-electron chi connectivity index (χ1n) is 7.10. The molecular weight excluding hydrogens is 300 g/mol. The highest BCUT2D eigenvalue weighted by Gasteiger charge is 2.19. The molecule has 0 aliphatic rings. The van der Waals surface area contributed by atoms with Gasteiger partial charge in [-0.25, -0.2) is 4.98 Å². The smallest absolute Gasteiger partial charge is 0.222 e. The van der Waals surface area contributed by atoms with Crippen LogP contribution in [0.25, 0.3) is 0 Å². The van der Waals surface area contributed by atoms with Crippen molar-refractivity contribution in [2.75, 3.05) is 0 Å². The fourth-order valence-electron chi connectivity index (χ4n) is 2.23. The zero-order valence-corrected chi connectivity index (χ0v) is 13.5. The van der Waals surface area contributed by atoms with E-state index in [1.807, 2.05) is 35.2 Å². The Morgan fingerprint density at radius 1 is 1.41 bits per heavy atom. The molecule has 2 N–H and O–H groups in total. The predicted octanol–water partition coefficient (Wildman–Crippen LogP) is 1.72. The Balaban J connectivity index is 1.89. The van der Waals surface area contributed by atoms with Crippen molar-refractivity contribution in [2.45, 2.75) is 38.9 Å². The first-order valence-corrected chi connectivity index (χ1v) is 7.98. The molecule has 0 radical (unpaired) electrons. The number of nitrogens with one attached hydrogen (secondary N) is 2. The van der Waals surface area contributed by atoms with Gasteiger partial charge in [0.05, 0.1) is 18.8 Å². The van der Waals surface area contributed by atoms with E-state index in [1.165, 1.54) is 18.3 Å². The molecule has 0 unspecified atom stereocenters. The molecule has 2 aromatic rings. The van der Waals surface area contributed by atoms with Gasteiger partial charge in [-0.1, -0.05) is 6.07 Å². The van der Waals surface area contributed by atoms with Crippen LogP contribution in [-0.2, 0) is 16.1 Å². The zero-order valence-electron chi connectivity index (χ0n) is 12.7. The average molecular weight is 320 g/mol. The van der Waals surface area contributed by atoms with E-state index in [0.29, 0.717) is 6.54 Å². The molecule has 0 aliphatic heterocycles. The first kappa shape index (κ1) is 16.2. The Labute approximate surface area is 133 Å². The molecular formula is C15H20N4O2S. The van der Waals surface area contributed by atoms with E-state index in [4.69, 9.17) is 0 Å². The van der Waals surface area contributed by atoms with Gasteiger partial charge in [-0.15, -0.1) is 11.3 Å². The van der Waals surface area contributed by atoms with Crippen LogP contribution in [0.4, 0.5) is 0 Å². The van der Waals surface area contributed by atoms with E-state index in [1.54, 1.807) is 12.5 Å². The third-order valence-corrected chi connectivity index (χ3v) is 4.09. The number of nitrogens with zero attached hydrogens (tertiary/aromatic N) is 2. The number of thiophene rings is 1. The number of carbonyl (C=O) groups excluding carboxylic acids is 2. The average Bonchev–Trinajstić information content (AvgIpc) is 3.09. The molecule has 2 aromatic heterocycles. The summed E-state index contributed by atoms with van der Waals surface area (Å²) in [5.41, 5.74) is 0. The normalized spacial score (nSPS) is 13.4. The van der Waals surface area contributed by atoms with Gasteiger partial charge in [-0.3, -0.25) is 9.59 Å². The molecule has 7 heteroatoms. The summed E-state index contributed by atoms with van der Waals surface area (Å²) in [5, 5.41) is 7.71. The van der Waals surface area contributed by atoms with Gasteiger partial charge >= 0.3 is 0 Å². The second-order valence-electron chi connectivity index (χ2n) is 5.20. The van der Waals surface area contributed by atoms with Crippen LogP contribution in [0.1, 0.15) is 31.2 Å². The van der Waals surface area contributed by atoms with Crippen molar-refractivity contribution in [3.63, 3.8) is 0 Å². The quantitative estimate of drug-likeness (QED) is 0.815. The molecule has 0 bridgehead atoms. The van der Waals surface area contributed by atoms with Gasteiger partial charge < -0.3 is 15.2 Å².